The van der Waals surface area contributed by atoms with Gasteiger partial charge >= 0.3 is 0 Å². The van der Waals surface area contributed by atoms with E-state index >= 15 is 0 Å². The number of Topliss-reactive ketones (excluding diaryl/α,β-unsaturated/α-hetero) is 1. The minimum Gasteiger partial charge on any atom is -0.364 e. The van der Waals surface area contributed by atoms with Crippen LogP contribution in [0.25, 0.3) is 10.9 Å². The molecule has 0 radical (unpaired) electrons. The lowest BCUT2D eigenvalue weighted by atomic mass is 10.1. The first-order chi connectivity index (χ1) is 11.2. The lowest BCUT2D eigenvalue weighted by Crippen LogP contribution is -2.30. The Morgan fingerprint density at radius 2 is 2.04 bits per heavy atom. The van der Waals surface area contributed by atoms with Crippen LogP contribution < -0.4 is 5.32 Å². The number of unbranched alkanes of at least 4 members (excludes halogenated alkanes) is 1. The second-order valence-electron chi connectivity index (χ2n) is 5.59. The van der Waals surface area contributed by atoms with E-state index in [1.165, 1.54) is 10.9 Å². The monoisotopic (exact) mass is 316 g/mol. The number of benzene rings is 1. The van der Waals surface area contributed by atoms with Gasteiger partial charge in [0.15, 0.2) is 5.78 Å². The van der Waals surface area contributed by atoms with Gasteiger partial charge in [-0.1, -0.05) is 31.5 Å². The summed E-state index contributed by atoms with van der Waals surface area (Å²) in [5.74, 6) is -0.133. The van der Waals surface area contributed by atoms with Gasteiger partial charge in [0.25, 0.3) is 0 Å². The number of rotatable bonds is 10. The highest BCUT2D eigenvalue weighted by Crippen LogP contribution is 2.17. The number of aromatic nitrogens is 1. The number of fused-ring (bicyclic) bond motifs is 1. The molecular weight excluding hydrogens is 292 g/mol. The van der Waals surface area contributed by atoms with E-state index in [2.05, 4.69) is 16.4 Å². The average molecular weight is 316 g/mol. The Balaban J connectivity index is 1.64. The van der Waals surface area contributed by atoms with E-state index in [1.54, 1.807) is 0 Å². The number of hydrogen-bond acceptors (Lipinski definition) is 3. The molecule has 2 aromatic rings. The third-order valence-corrected chi connectivity index (χ3v) is 3.70. The fourth-order valence-electron chi connectivity index (χ4n) is 2.43. The Bertz CT molecular complexity index is 649. The van der Waals surface area contributed by atoms with Crippen molar-refractivity contribution in [3.8, 4) is 0 Å². The number of hydrogen-bond donors (Lipinski definition) is 2. The molecule has 0 aliphatic rings. The zero-order chi connectivity index (χ0) is 16.5. The Kier molecular flexibility index (Phi) is 6.81. The van der Waals surface area contributed by atoms with Crippen LogP contribution in [0.4, 0.5) is 0 Å². The molecule has 0 saturated carbocycles. The molecule has 1 aromatic carbocycles. The second kappa shape index (κ2) is 9.10. The summed E-state index contributed by atoms with van der Waals surface area (Å²) in [6, 6.07) is 8.08. The maximum Gasteiger partial charge on any atom is 0.246 e. The normalized spacial score (nSPS) is 10.8. The van der Waals surface area contributed by atoms with Crippen molar-refractivity contribution < 1.29 is 14.3 Å². The molecule has 5 heteroatoms. The maximum atomic E-state index is 11.7. The second-order valence-corrected chi connectivity index (χ2v) is 5.59. The molecule has 0 spiro atoms. The molecule has 0 saturated heterocycles. The quantitative estimate of drug-likeness (QED) is 0.708. The summed E-state index contributed by atoms with van der Waals surface area (Å²) < 4.78 is 5.14. The average Bonchev–Trinajstić information content (AvgIpc) is 2.96. The Labute approximate surface area is 136 Å². The zero-order valence-electron chi connectivity index (χ0n) is 13.6. The number of para-hydroxylation sites is 1. The zero-order valence-corrected chi connectivity index (χ0v) is 13.6. The standard InChI is InChI=1S/C18H24N2O3/c1-2-3-6-15(21)12-23-13-18(22)19-10-9-14-11-20-17-8-5-4-7-16(14)17/h4-5,7-8,11,20H,2-3,6,9-10,12-13H2,1H3,(H,19,22). The van der Waals surface area contributed by atoms with Gasteiger partial charge in [-0.05, 0) is 24.5 Å². The number of H-pyrrole nitrogens is 1. The van der Waals surface area contributed by atoms with Crippen LogP contribution in [0.5, 0.6) is 0 Å². The minimum atomic E-state index is -0.187. The molecule has 1 amide bonds. The summed E-state index contributed by atoms with van der Waals surface area (Å²) in [5, 5.41) is 3.99. The molecule has 1 aromatic heterocycles. The van der Waals surface area contributed by atoms with E-state index in [0.717, 1.165) is 24.8 Å². The fraction of sp³-hybridized carbons (Fsp3) is 0.444. The Morgan fingerprint density at radius 3 is 2.87 bits per heavy atom. The van der Waals surface area contributed by atoms with Gasteiger partial charge in [0.2, 0.25) is 5.91 Å². The smallest absolute Gasteiger partial charge is 0.246 e. The van der Waals surface area contributed by atoms with E-state index in [1.807, 2.05) is 31.3 Å². The summed E-state index contributed by atoms with van der Waals surface area (Å²) in [5.41, 5.74) is 2.28. The molecule has 0 fully saturated rings. The predicted molar refractivity (Wildman–Crippen MR) is 90.4 cm³/mol. The Hall–Kier alpha value is -2.14. The lowest BCUT2D eigenvalue weighted by molar-refractivity contribution is -0.129. The molecule has 0 bridgehead atoms. The highest BCUT2D eigenvalue weighted by atomic mass is 16.5. The van der Waals surface area contributed by atoms with E-state index in [0.29, 0.717) is 13.0 Å². The van der Waals surface area contributed by atoms with Crippen LogP contribution in [0, 0.1) is 0 Å². The summed E-state index contributed by atoms with van der Waals surface area (Å²) in [6.07, 6.45) is 5.11. The number of ketones is 1. The summed E-state index contributed by atoms with van der Waals surface area (Å²) in [6.45, 7) is 2.55. The fourth-order valence-corrected chi connectivity index (χ4v) is 2.43. The van der Waals surface area contributed by atoms with Crippen molar-refractivity contribution in [1.29, 1.82) is 0 Å². The third-order valence-electron chi connectivity index (χ3n) is 3.70. The SMILES string of the molecule is CCCCC(=O)COCC(=O)NCCc1c[nH]c2ccccc12. The molecular formula is C18H24N2O3. The molecule has 124 valence electrons. The molecule has 5 nitrogen and oxygen atoms in total. The van der Waals surface area contributed by atoms with Crippen LogP contribution in [0.15, 0.2) is 30.5 Å². The first-order valence-corrected chi connectivity index (χ1v) is 8.12. The number of carbonyl (C=O) groups excluding carboxylic acids is 2. The van der Waals surface area contributed by atoms with Gasteiger partial charge in [-0.15, -0.1) is 0 Å². The van der Waals surface area contributed by atoms with Crippen molar-refractivity contribution in [1.82, 2.24) is 10.3 Å². The van der Waals surface area contributed by atoms with Gasteiger partial charge in [0.05, 0.1) is 0 Å². The van der Waals surface area contributed by atoms with Crippen LogP contribution in [-0.2, 0) is 20.7 Å². The number of amides is 1. The minimum absolute atomic E-state index is 0.0237. The summed E-state index contributed by atoms with van der Waals surface area (Å²) in [4.78, 5) is 26.3. The molecule has 2 rings (SSSR count). The number of carbonyl (C=O) groups is 2. The Morgan fingerprint density at radius 1 is 1.22 bits per heavy atom. The van der Waals surface area contributed by atoms with Gasteiger partial charge in [0, 0.05) is 30.1 Å². The summed E-state index contributed by atoms with van der Waals surface area (Å²) in [7, 11) is 0. The first kappa shape index (κ1) is 17.2. The number of aromatic amines is 1. The highest BCUT2D eigenvalue weighted by molar-refractivity contribution is 5.83. The van der Waals surface area contributed by atoms with Crippen molar-refractivity contribution in [2.24, 2.45) is 0 Å². The van der Waals surface area contributed by atoms with Gasteiger partial charge < -0.3 is 15.0 Å². The molecule has 0 atom stereocenters. The molecule has 1 heterocycles. The van der Waals surface area contributed by atoms with Gasteiger partial charge in [0.1, 0.15) is 13.2 Å². The van der Waals surface area contributed by atoms with E-state index in [9.17, 15) is 9.59 Å². The van der Waals surface area contributed by atoms with Crippen LogP contribution in [0.2, 0.25) is 0 Å². The topological polar surface area (TPSA) is 71.2 Å². The van der Waals surface area contributed by atoms with Crippen LogP contribution in [0.1, 0.15) is 31.7 Å². The van der Waals surface area contributed by atoms with E-state index in [-0.39, 0.29) is 24.9 Å². The number of ether oxygens (including phenoxy) is 1. The molecule has 0 aliphatic heterocycles. The number of nitrogens with one attached hydrogen (secondary N) is 2. The lowest BCUT2D eigenvalue weighted by Gasteiger charge is -2.06. The molecule has 0 aliphatic carbocycles. The van der Waals surface area contributed by atoms with Crippen molar-refractivity contribution >= 4 is 22.6 Å². The predicted octanol–water partition coefficient (Wildman–Crippen LogP) is 2.60. The summed E-state index contributed by atoms with van der Waals surface area (Å²) >= 11 is 0. The van der Waals surface area contributed by atoms with Crippen LogP contribution in [-0.4, -0.2) is 36.4 Å². The van der Waals surface area contributed by atoms with Crippen LogP contribution >= 0.6 is 0 Å². The van der Waals surface area contributed by atoms with Crippen molar-refractivity contribution in [3.05, 3.63) is 36.0 Å². The highest BCUT2D eigenvalue weighted by Gasteiger charge is 2.06. The third kappa shape index (κ3) is 5.53. The van der Waals surface area contributed by atoms with Gasteiger partial charge in [-0.3, -0.25) is 9.59 Å². The molecule has 23 heavy (non-hydrogen) atoms. The molecule has 2 N–H and O–H groups in total. The van der Waals surface area contributed by atoms with Gasteiger partial charge in [-0.2, -0.15) is 0 Å². The maximum absolute atomic E-state index is 11.7. The van der Waals surface area contributed by atoms with Crippen molar-refractivity contribution in [2.45, 2.75) is 32.6 Å². The van der Waals surface area contributed by atoms with Gasteiger partial charge in [-0.25, -0.2) is 0 Å². The van der Waals surface area contributed by atoms with E-state index in [4.69, 9.17) is 4.74 Å². The van der Waals surface area contributed by atoms with Crippen molar-refractivity contribution in [2.75, 3.05) is 19.8 Å². The van der Waals surface area contributed by atoms with Crippen LogP contribution in [0.3, 0.4) is 0 Å². The van der Waals surface area contributed by atoms with E-state index < -0.39 is 0 Å². The molecule has 0 unspecified atom stereocenters. The van der Waals surface area contributed by atoms with Crippen molar-refractivity contribution in [3.63, 3.8) is 0 Å². The largest absolute Gasteiger partial charge is 0.364 e. The first-order valence-electron chi connectivity index (χ1n) is 8.12.